The summed E-state index contributed by atoms with van der Waals surface area (Å²) < 4.78 is 11.0. The van der Waals surface area contributed by atoms with E-state index in [4.69, 9.17) is 9.15 Å². The zero-order chi connectivity index (χ0) is 12.8. The summed E-state index contributed by atoms with van der Waals surface area (Å²) in [6, 6.07) is 0.336. The van der Waals surface area contributed by atoms with E-state index in [9.17, 15) is 0 Å². The molecule has 1 unspecified atom stereocenters. The van der Waals surface area contributed by atoms with Crippen LogP contribution in [-0.2, 0) is 11.3 Å². The normalized spacial score (nSPS) is 13.3. The van der Waals surface area contributed by atoms with Crippen LogP contribution in [0.5, 0.6) is 0 Å². The monoisotopic (exact) mass is 240 g/mol. The summed E-state index contributed by atoms with van der Waals surface area (Å²) >= 11 is 0. The van der Waals surface area contributed by atoms with Crippen LogP contribution in [0.15, 0.2) is 4.42 Å². The molecule has 0 aliphatic carbocycles. The first-order chi connectivity index (χ1) is 8.04. The third-order valence-corrected chi connectivity index (χ3v) is 2.89. The van der Waals surface area contributed by atoms with Gasteiger partial charge in [-0.3, -0.25) is 0 Å². The molecule has 1 atom stereocenters. The topological polar surface area (TPSA) is 47.3 Å². The van der Waals surface area contributed by atoms with Crippen molar-refractivity contribution in [3.05, 3.63) is 17.3 Å². The number of hydrogen-bond donors (Lipinski definition) is 1. The molecule has 0 radical (unpaired) electrons. The summed E-state index contributed by atoms with van der Waals surface area (Å²) in [6.07, 6.45) is 0. The highest BCUT2D eigenvalue weighted by molar-refractivity contribution is 5.05. The van der Waals surface area contributed by atoms with Crippen LogP contribution >= 0.6 is 0 Å². The van der Waals surface area contributed by atoms with E-state index in [1.165, 1.54) is 0 Å². The van der Waals surface area contributed by atoms with Crippen molar-refractivity contribution in [2.75, 3.05) is 13.2 Å². The molecule has 0 aliphatic rings. The van der Waals surface area contributed by atoms with E-state index in [1.54, 1.807) is 0 Å². The second kappa shape index (κ2) is 6.77. The second-order valence-corrected chi connectivity index (χ2v) is 4.64. The number of nitrogens with zero attached hydrogens (tertiary/aromatic N) is 1. The van der Waals surface area contributed by atoms with E-state index in [-0.39, 0.29) is 0 Å². The Morgan fingerprint density at radius 3 is 2.53 bits per heavy atom. The lowest BCUT2D eigenvalue weighted by Gasteiger charge is -2.21. The highest BCUT2D eigenvalue weighted by Crippen LogP contribution is 2.09. The van der Waals surface area contributed by atoms with Gasteiger partial charge in [0.05, 0.1) is 18.8 Å². The second-order valence-electron chi connectivity index (χ2n) is 4.64. The molecule has 1 rings (SSSR count). The van der Waals surface area contributed by atoms with Crippen LogP contribution in [0.2, 0.25) is 0 Å². The van der Waals surface area contributed by atoms with Crippen molar-refractivity contribution in [2.45, 2.75) is 47.2 Å². The Balaban J connectivity index is 2.45. The maximum Gasteiger partial charge on any atom is 0.208 e. The van der Waals surface area contributed by atoms with E-state index in [2.05, 4.69) is 24.1 Å². The summed E-state index contributed by atoms with van der Waals surface area (Å²) in [5.41, 5.74) is 0.965. The van der Waals surface area contributed by atoms with Crippen molar-refractivity contribution >= 4 is 0 Å². The summed E-state index contributed by atoms with van der Waals surface area (Å²) in [5.74, 6) is 2.17. The molecule has 1 aromatic rings. The van der Waals surface area contributed by atoms with Crippen molar-refractivity contribution in [3.8, 4) is 0 Å². The largest absolute Gasteiger partial charge is 0.444 e. The van der Waals surface area contributed by atoms with Gasteiger partial charge in [-0.25, -0.2) is 4.98 Å². The van der Waals surface area contributed by atoms with Crippen molar-refractivity contribution in [3.63, 3.8) is 0 Å². The van der Waals surface area contributed by atoms with Crippen molar-refractivity contribution in [1.29, 1.82) is 0 Å². The third-order valence-electron chi connectivity index (χ3n) is 2.89. The Morgan fingerprint density at radius 2 is 2.06 bits per heavy atom. The van der Waals surface area contributed by atoms with Gasteiger partial charge in [0.25, 0.3) is 0 Å². The molecule has 0 bridgehead atoms. The summed E-state index contributed by atoms with van der Waals surface area (Å²) in [4.78, 5) is 4.35. The predicted octanol–water partition coefficient (Wildman–Crippen LogP) is 2.44. The standard InChI is InChI=1S/C13H24N2O2/c1-6-16-8-12(9(2)3)14-7-13-15-10(4)11(5)17-13/h9,12,14H,6-8H2,1-5H3. The highest BCUT2D eigenvalue weighted by atomic mass is 16.5. The lowest BCUT2D eigenvalue weighted by molar-refractivity contribution is 0.107. The molecule has 4 nitrogen and oxygen atoms in total. The molecule has 0 saturated carbocycles. The molecule has 4 heteroatoms. The molecule has 0 amide bonds. The van der Waals surface area contributed by atoms with Crippen LogP contribution < -0.4 is 5.32 Å². The molecule has 0 fully saturated rings. The van der Waals surface area contributed by atoms with Gasteiger partial charge in [0.15, 0.2) is 0 Å². The SMILES string of the molecule is CCOCC(NCc1nc(C)c(C)o1)C(C)C. The number of hydrogen-bond acceptors (Lipinski definition) is 4. The summed E-state index contributed by atoms with van der Waals surface area (Å²) in [6.45, 7) is 12.4. The number of rotatable bonds is 7. The fourth-order valence-corrected chi connectivity index (χ4v) is 1.57. The molecular weight excluding hydrogens is 216 g/mol. The van der Waals surface area contributed by atoms with Gasteiger partial charge in [-0.1, -0.05) is 13.8 Å². The fraction of sp³-hybridized carbons (Fsp3) is 0.769. The van der Waals surface area contributed by atoms with Gasteiger partial charge in [0, 0.05) is 12.6 Å². The average Bonchev–Trinajstić information content (AvgIpc) is 2.58. The van der Waals surface area contributed by atoms with Gasteiger partial charge in [-0.05, 0) is 26.7 Å². The molecule has 98 valence electrons. The molecule has 0 spiro atoms. The maximum absolute atomic E-state index is 5.53. The Bertz CT molecular complexity index is 315. The minimum Gasteiger partial charge on any atom is -0.444 e. The smallest absolute Gasteiger partial charge is 0.208 e. The van der Waals surface area contributed by atoms with Gasteiger partial charge in [-0.15, -0.1) is 0 Å². The van der Waals surface area contributed by atoms with Crippen molar-refractivity contribution < 1.29 is 9.15 Å². The van der Waals surface area contributed by atoms with Crippen LogP contribution in [0.3, 0.4) is 0 Å². The quantitative estimate of drug-likeness (QED) is 0.795. The Morgan fingerprint density at radius 1 is 1.35 bits per heavy atom. The van der Waals surface area contributed by atoms with E-state index < -0.39 is 0 Å². The maximum atomic E-state index is 5.53. The van der Waals surface area contributed by atoms with Crippen molar-refractivity contribution in [1.82, 2.24) is 10.3 Å². The lowest BCUT2D eigenvalue weighted by Crippen LogP contribution is -2.37. The number of oxazole rings is 1. The van der Waals surface area contributed by atoms with Crippen LogP contribution in [0.25, 0.3) is 0 Å². The molecule has 1 aromatic heterocycles. The zero-order valence-corrected chi connectivity index (χ0v) is 11.5. The molecule has 17 heavy (non-hydrogen) atoms. The van der Waals surface area contributed by atoms with E-state index in [0.29, 0.717) is 18.5 Å². The van der Waals surface area contributed by atoms with Crippen LogP contribution in [-0.4, -0.2) is 24.2 Å². The van der Waals surface area contributed by atoms with Crippen LogP contribution in [0, 0.1) is 19.8 Å². The van der Waals surface area contributed by atoms with Gasteiger partial charge >= 0.3 is 0 Å². The molecule has 0 aromatic carbocycles. The summed E-state index contributed by atoms with van der Waals surface area (Å²) in [5, 5.41) is 3.43. The number of nitrogens with one attached hydrogen (secondary N) is 1. The molecule has 1 heterocycles. The Labute approximate surface area is 104 Å². The Hall–Kier alpha value is -0.870. The number of aromatic nitrogens is 1. The van der Waals surface area contributed by atoms with Gasteiger partial charge in [0.2, 0.25) is 5.89 Å². The predicted molar refractivity (Wildman–Crippen MR) is 67.9 cm³/mol. The number of aryl methyl sites for hydroxylation is 2. The molecule has 1 N–H and O–H groups in total. The van der Waals surface area contributed by atoms with Gasteiger partial charge in [-0.2, -0.15) is 0 Å². The average molecular weight is 240 g/mol. The zero-order valence-electron chi connectivity index (χ0n) is 11.5. The minimum atomic E-state index is 0.336. The minimum absolute atomic E-state index is 0.336. The van der Waals surface area contributed by atoms with E-state index in [0.717, 1.165) is 30.6 Å². The van der Waals surface area contributed by atoms with Crippen LogP contribution in [0.1, 0.15) is 38.1 Å². The van der Waals surface area contributed by atoms with E-state index in [1.807, 2.05) is 20.8 Å². The van der Waals surface area contributed by atoms with E-state index >= 15 is 0 Å². The first kappa shape index (κ1) is 14.2. The fourth-order valence-electron chi connectivity index (χ4n) is 1.57. The first-order valence-corrected chi connectivity index (χ1v) is 6.28. The van der Waals surface area contributed by atoms with Crippen molar-refractivity contribution in [2.24, 2.45) is 5.92 Å². The molecular formula is C13H24N2O2. The van der Waals surface area contributed by atoms with Gasteiger partial charge in [0.1, 0.15) is 5.76 Å². The third kappa shape index (κ3) is 4.48. The lowest BCUT2D eigenvalue weighted by atomic mass is 10.1. The summed E-state index contributed by atoms with van der Waals surface area (Å²) in [7, 11) is 0. The highest BCUT2D eigenvalue weighted by Gasteiger charge is 2.14. The molecule has 0 saturated heterocycles. The van der Waals surface area contributed by atoms with Crippen LogP contribution in [0.4, 0.5) is 0 Å². The number of ether oxygens (including phenoxy) is 1. The van der Waals surface area contributed by atoms with Gasteiger partial charge < -0.3 is 14.5 Å². The molecule has 0 aliphatic heterocycles. The first-order valence-electron chi connectivity index (χ1n) is 6.28. The Kier molecular flexibility index (Phi) is 5.65.